The van der Waals surface area contributed by atoms with Crippen molar-refractivity contribution in [2.45, 2.75) is 18.6 Å². The lowest BCUT2D eigenvalue weighted by Gasteiger charge is -2.28. The van der Waals surface area contributed by atoms with Gasteiger partial charge >= 0.3 is 12.1 Å². The van der Waals surface area contributed by atoms with Crippen molar-refractivity contribution in [3.05, 3.63) is 77.4 Å². The molecule has 0 amide bonds. The van der Waals surface area contributed by atoms with Gasteiger partial charge in [-0.2, -0.15) is 13.2 Å². The van der Waals surface area contributed by atoms with E-state index in [1.54, 1.807) is 6.07 Å². The Morgan fingerprint density at radius 2 is 2.03 bits per heavy atom. The summed E-state index contributed by atoms with van der Waals surface area (Å²) in [4.78, 5) is 15.4. The molecule has 0 bridgehead atoms. The first kappa shape index (κ1) is 23.5. The zero-order valence-electron chi connectivity index (χ0n) is 17.8. The van der Waals surface area contributed by atoms with E-state index in [1.807, 2.05) is 12.1 Å². The molecule has 4 rings (SSSR count). The molecule has 3 aromatic rings. The van der Waals surface area contributed by atoms with Crippen LogP contribution in [0.4, 0.5) is 23.2 Å². The minimum atomic E-state index is -4.50. The summed E-state index contributed by atoms with van der Waals surface area (Å²) in [6, 6.07) is 10.5. The molecule has 2 aromatic carbocycles. The third-order valence-electron chi connectivity index (χ3n) is 5.51. The van der Waals surface area contributed by atoms with Gasteiger partial charge in [-0.25, -0.2) is 9.18 Å². The Labute approximate surface area is 192 Å². The van der Waals surface area contributed by atoms with E-state index in [4.69, 9.17) is 0 Å². The Balaban J connectivity index is 1.51. The quantitative estimate of drug-likeness (QED) is 0.425. The normalized spacial score (nSPS) is 15.5. The SMILES string of the molecule is O=C(O)c1ccncc1NC[C@H]1NCCc2cc(-c3ccc(OCC(F)(F)F)cc3F)ccc21. The van der Waals surface area contributed by atoms with E-state index in [9.17, 15) is 27.5 Å². The fourth-order valence-corrected chi connectivity index (χ4v) is 3.92. The van der Waals surface area contributed by atoms with Crippen LogP contribution in [0.15, 0.2) is 54.9 Å². The average molecular weight is 475 g/mol. The summed E-state index contributed by atoms with van der Waals surface area (Å²) in [6.07, 6.45) is -0.916. The molecule has 0 radical (unpaired) electrons. The van der Waals surface area contributed by atoms with Crippen LogP contribution < -0.4 is 15.4 Å². The second-order valence-electron chi connectivity index (χ2n) is 7.82. The van der Waals surface area contributed by atoms with E-state index < -0.39 is 24.6 Å². The molecule has 34 heavy (non-hydrogen) atoms. The fourth-order valence-electron chi connectivity index (χ4n) is 3.92. The number of anilines is 1. The third-order valence-corrected chi connectivity index (χ3v) is 5.51. The average Bonchev–Trinajstić information content (AvgIpc) is 2.80. The Kier molecular flexibility index (Phi) is 6.69. The van der Waals surface area contributed by atoms with Gasteiger partial charge in [-0.05, 0) is 47.9 Å². The van der Waals surface area contributed by atoms with Gasteiger partial charge < -0.3 is 20.5 Å². The molecule has 178 valence electrons. The minimum Gasteiger partial charge on any atom is -0.484 e. The second kappa shape index (κ2) is 9.68. The van der Waals surface area contributed by atoms with Crippen molar-refractivity contribution in [2.24, 2.45) is 0 Å². The number of pyridine rings is 1. The summed E-state index contributed by atoms with van der Waals surface area (Å²) in [5.74, 6) is -1.92. The standard InChI is InChI=1S/C24H21F4N3O3/c25-20-10-16(34-13-24(26,27)28)2-4-17(20)14-1-3-18-15(9-14)5-8-30-22(18)12-31-21-11-29-7-6-19(21)23(32)33/h1-4,6-7,9-11,22,30-31H,5,8,12-13H2,(H,32,33)/t22-/m1/s1. The van der Waals surface area contributed by atoms with Crippen LogP contribution in [0, 0.1) is 5.82 Å². The number of benzene rings is 2. The monoisotopic (exact) mass is 475 g/mol. The van der Waals surface area contributed by atoms with Crippen molar-refractivity contribution in [3.63, 3.8) is 0 Å². The lowest BCUT2D eigenvalue weighted by molar-refractivity contribution is -0.153. The fraction of sp³-hybridized carbons (Fsp3) is 0.250. The number of ether oxygens (including phenoxy) is 1. The molecule has 0 aliphatic carbocycles. The van der Waals surface area contributed by atoms with Gasteiger partial charge in [0.2, 0.25) is 0 Å². The second-order valence-corrected chi connectivity index (χ2v) is 7.82. The van der Waals surface area contributed by atoms with Gasteiger partial charge in [-0.1, -0.05) is 18.2 Å². The lowest BCUT2D eigenvalue weighted by atomic mass is 9.90. The van der Waals surface area contributed by atoms with Gasteiger partial charge in [-0.3, -0.25) is 4.98 Å². The Morgan fingerprint density at radius 3 is 2.76 bits per heavy atom. The van der Waals surface area contributed by atoms with Crippen LogP contribution in [-0.2, 0) is 6.42 Å². The minimum absolute atomic E-state index is 0.109. The van der Waals surface area contributed by atoms with E-state index >= 15 is 0 Å². The highest BCUT2D eigenvalue weighted by Gasteiger charge is 2.28. The number of rotatable bonds is 7. The number of alkyl halides is 3. The molecular weight excluding hydrogens is 454 g/mol. The number of nitrogens with one attached hydrogen (secondary N) is 2. The van der Waals surface area contributed by atoms with Gasteiger partial charge in [0.25, 0.3) is 0 Å². The van der Waals surface area contributed by atoms with Crippen LogP contribution in [0.1, 0.15) is 27.5 Å². The molecule has 2 heterocycles. The van der Waals surface area contributed by atoms with E-state index in [2.05, 4.69) is 20.4 Å². The van der Waals surface area contributed by atoms with Crippen LogP contribution in [0.25, 0.3) is 11.1 Å². The molecule has 0 unspecified atom stereocenters. The Bertz CT molecular complexity index is 1200. The number of hydrogen-bond donors (Lipinski definition) is 3. The van der Waals surface area contributed by atoms with Crippen LogP contribution in [0.2, 0.25) is 0 Å². The van der Waals surface area contributed by atoms with Crippen molar-refractivity contribution in [1.82, 2.24) is 10.3 Å². The molecule has 6 nitrogen and oxygen atoms in total. The summed E-state index contributed by atoms with van der Waals surface area (Å²) < 4.78 is 56.2. The summed E-state index contributed by atoms with van der Waals surface area (Å²) in [7, 11) is 0. The van der Waals surface area contributed by atoms with Crippen molar-refractivity contribution >= 4 is 11.7 Å². The van der Waals surface area contributed by atoms with E-state index in [-0.39, 0.29) is 22.9 Å². The third kappa shape index (κ3) is 5.45. The number of carboxylic acid groups (broad SMARTS) is 1. The molecule has 1 aliphatic rings. The maximum absolute atomic E-state index is 14.6. The number of halogens is 4. The maximum atomic E-state index is 14.6. The van der Waals surface area contributed by atoms with Crippen molar-refractivity contribution < 1.29 is 32.2 Å². The Hall–Kier alpha value is -3.66. The first-order valence-electron chi connectivity index (χ1n) is 10.5. The maximum Gasteiger partial charge on any atom is 0.422 e. The molecule has 1 aliphatic heterocycles. The van der Waals surface area contributed by atoms with Gasteiger partial charge in [0, 0.05) is 30.4 Å². The smallest absolute Gasteiger partial charge is 0.422 e. The molecule has 1 aromatic heterocycles. The van der Waals surface area contributed by atoms with Gasteiger partial charge in [-0.15, -0.1) is 0 Å². The molecule has 3 N–H and O–H groups in total. The highest BCUT2D eigenvalue weighted by atomic mass is 19.4. The summed E-state index contributed by atoms with van der Waals surface area (Å²) in [6.45, 7) is -0.397. The highest BCUT2D eigenvalue weighted by Crippen LogP contribution is 2.32. The summed E-state index contributed by atoms with van der Waals surface area (Å²) >= 11 is 0. The molecule has 0 spiro atoms. The topological polar surface area (TPSA) is 83.5 Å². The zero-order valence-corrected chi connectivity index (χ0v) is 17.8. The predicted octanol–water partition coefficient (Wildman–Crippen LogP) is 4.83. The van der Waals surface area contributed by atoms with Crippen molar-refractivity contribution in [3.8, 4) is 16.9 Å². The highest BCUT2D eigenvalue weighted by molar-refractivity contribution is 5.93. The van der Waals surface area contributed by atoms with Gasteiger partial charge in [0.1, 0.15) is 11.6 Å². The molecular formula is C24H21F4N3O3. The molecule has 10 heteroatoms. The summed E-state index contributed by atoms with van der Waals surface area (Å²) in [5, 5.41) is 15.8. The van der Waals surface area contributed by atoms with Crippen LogP contribution >= 0.6 is 0 Å². The molecule has 0 saturated carbocycles. The Morgan fingerprint density at radius 1 is 1.21 bits per heavy atom. The number of carboxylic acids is 1. The summed E-state index contributed by atoms with van der Waals surface area (Å²) in [5.41, 5.74) is 3.40. The van der Waals surface area contributed by atoms with Crippen LogP contribution in [0.5, 0.6) is 5.75 Å². The zero-order chi connectivity index (χ0) is 24.3. The van der Waals surface area contributed by atoms with E-state index in [0.717, 1.165) is 17.2 Å². The first-order valence-corrected chi connectivity index (χ1v) is 10.5. The van der Waals surface area contributed by atoms with Crippen LogP contribution in [0.3, 0.4) is 0 Å². The lowest BCUT2D eigenvalue weighted by Crippen LogP contribution is -2.34. The van der Waals surface area contributed by atoms with Crippen molar-refractivity contribution in [2.75, 3.05) is 25.0 Å². The first-order chi connectivity index (χ1) is 16.2. The number of nitrogens with zero attached hydrogens (tertiary/aromatic N) is 1. The number of aromatic nitrogens is 1. The van der Waals surface area contributed by atoms with Crippen LogP contribution in [-0.4, -0.2) is 41.9 Å². The van der Waals surface area contributed by atoms with E-state index in [0.29, 0.717) is 30.8 Å². The van der Waals surface area contributed by atoms with E-state index in [1.165, 1.54) is 30.6 Å². The molecule has 1 atom stereocenters. The van der Waals surface area contributed by atoms with Crippen molar-refractivity contribution in [1.29, 1.82) is 0 Å². The number of fused-ring (bicyclic) bond motifs is 1. The predicted molar refractivity (Wildman–Crippen MR) is 118 cm³/mol. The number of hydrogen-bond acceptors (Lipinski definition) is 5. The molecule has 0 saturated heterocycles. The number of aromatic carboxylic acids is 1. The van der Waals surface area contributed by atoms with Gasteiger partial charge in [0.15, 0.2) is 6.61 Å². The molecule has 0 fully saturated rings. The largest absolute Gasteiger partial charge is 0.484 e. The number of carbonyl (C=O) groups is 1. The van der Waals surface area contributed by atoms with Gasteiger partial charge in [0.05, 0.1) is 17.4 Å².